The van der Waals surface area contributed by atoms with Gasteiger partial charge in [0.2, 0.25) is 0 Å². The van der Waals surface area contributed by atoms with Gasteiger partial charge in [-0.3, -0.25) is 9.11 Å². The number of hydrogen-bond acceptors (Lipinski definition) is 8. The summed E-state index contributed by atoms with van der Waals surface area (Å²) in [5.41, 5.74) is 0.158. The van der Waals surface area contributed by atoms with Gasteiger partial charge in [-0.25, -0.2) is 0 Å². The van der Waals surface area contributed by atoms with Crippen LogP contribution in [0.25, 0.3) is 0 Å². The topological polar surface area (TPSA) is 173 Å². The first-order chi connectivity index (χ1) is 13.8. The van der Waals surface area contributed by atoms with Crippen LogP contribution in [0.5, 0.6) is 11.5 Å². The molecule has 2 aromatic carbocycles. The van der Waals surface area contributed by atoms with Crippen molar-refractivity contribution in [2.24, 2.45) is 0 Å². The van der Waals surface area contributed by atoms with Gasteiger partial charge in [-0.1, -0.05) is 0 Å². The minimum absolute atomic E-state index is 0.0300. The molecule has 0 bridgehead atoms. The Hall–Kier alpha value is -2.22. The van der Waals surface area contributed by atoms with Crippen molar-refractivity contribution in [2.75, 3.05) is 13.1 Å². The van der Waals surface area contributed by atoms with Crippen LogP contribution in [0.15, 0.2) is 46.2 Å². The average Bonchev–Trinajstić information content (AvgIpc) is 2.62. The third-order valence-corrected chi connectivity index (χ3v) is 5.38. The van der Waals surface area contributed by atoms with Crippen LogP contribution in [0.1, 0.15) is 11.1 Å². The van der Waals surface area contributed by atoms with Crippen molar-refractivity contribution in [2.45, 2.75) is 22.9 Å². The Labute approximate surface area is 165 Å². The number of nitrogens with one attached hydrogen (secondary N) is 2. The molecule has 2 rings (SSSR count). The van der Waals surface area contributed by atoms with Crippen LogP contribution in [0, 0.1) is 0 Å². The van der Waals surface area contributed by atoms with E-state index in [9.17, 15) is 27.0 Å². The quantitative estimate of drug-likeness (QED) is 0.304. The molecule has 0 heterocycles. The van der Waals surface area contributed by atoms with Crippen molar-refractivity contribution in [3.05, 3.63) is 47.5 Å². The van der Waals surface area contributed by atoms with Gasteiger partial charge in [-0.15, -0.1) is 0 Å². The zero-order valence-electron chi connectivity index (χ0n) is 16.4. The Balaban J connectivity index is 2.00. The molecule has 0 spiro atoms. The summed E-state index contributed by atoms with van der Waals surface area (Å²) >= 11 is 0. The van der Waals surface area contributed by atoms with E-state index >= 15 is 0 Å². The predicted octanol–water partition coefficient (Wildman–Crippen LogP) is 0.471. The molecule has 0 aliphatic carbocycles. The molecule has 0 aromatic heterocycles. The first kappa shape index (κ1) is 19.1. The highest BCUT2D eigenvalue weighted by Crippen LogP contribution is 2.22. The van der Waals surface area contributed by atoms with Crippen molar-refractivity contribution >= 4 is 20.2 Å². The molecule has 2 aromatic rings. The maximum absolute atomic E-state index is 11.2. The van der Waals surface area contributed by atoms with E-state index in [2.05, 4.69) is 0 Å². The lowest BCUT2D eigenvalue weighted by molar-refractivity contribution is 0.458. The molecule has 0 fully saturated rings. The lowest BCUT2D eigenvalue weighted by atomic mass is 10.2. The fourth-order valence-corrected chi connectivity index (χ4v) is 3.30. The van der Waals surface area contributed by atoms with E-state index in [4.69, 9.17) is 11.9 Å². The molecule has 12 heteroatoms. The standard InChI is InChI=1S/C16H20N2O8S2/c19-15-3-1-13(27(21,22)23)7-11(15)9-17-5-6-18-10-12-8-14(28(24,25)26)2-4-16(12)20/h1-4,7-8,17-20H,5-6,9-10H2,(H,21,22,23)(H,24,25,26)/i/hD2. The van der Waals surface area contributed by atoms with Crippen LogP contribution in [-0.4, -0.2) is 49.2 Å². The molecule has 0 saturated heterocycles. The predicted molar refractivity (Wildman–Crippen MR) is 99.3 cm³/mol. The van der Waals surface area contributed by atoms with E-state index < -0.39 is 30.0 Å². The second-order valence-electron chi connectivity index (χ2n) is 5.74. The average molecular weight is 434 g/mol. The monoisotopic (exact) mass is 434 g/mol. The minimum atomic E-state index is -4.47. The summed E-state index contributed by atoms with van der Waals surface area (Å²) in [4.78, 5) is -0.861. The molecule has 0 amide bonds. The molecule has 154 valence electrons. The summed E-state index contributed by atoms with van der Waals surface area (Å²) in [7, 11) is -8.94. The van der Waals surface area contributed by atoms with E-state index in [-0.39, 0.29) is 48.8 Å². The summed E-state index contributed by atoms with van der Waals surface area (Å²) in [5.74, 6) is -0.538. The number of aromatic hydroxyl groups is 2. The summed E-state index contributed by atoms with van der Waals surface area (Å²) in [6, 6.07) is 6.25. The van der Waals surface area contributed by atoms with E-state index in [1.54, 1.807) is 0 Å². The Bertz CT molecular complexity index is 1040. The smallest absolute Gasteiger partial charge is 0.294 e. The molecule has 0 aliphatic heterocycles. The Kier molecular flexibility index (Phi) is 6.04. The molecule has 6 N–H and O–H groups in total. The van der Waals surface area contributed by atoms with Crippen LogP contribution in [-0.2, 0) is 33.3 Å². The Morgan fingerprint density at radius 3 is 1.43 bits per heavy atom. The molecular weight excluding hydrogens is 412 g/mol. The van der Waals surface area contributed by atoms with Crippen molar-refractivity contribution in [3.8, 4) is 11.5 Å². The zero-order chi connectivity index (χ0) is 22.7. The molecule has 0 unspecified atom stereocenters. The molecule has 0 aliphatic rings. The first-order valence-electron chi connectivity index (χ1n) is 8.73. The summed E-state index contributed by atoms with van der Waals surface area (Å²) in [6.45, 7) is -0.464. The number of rotatable bonds is 9. The number of phenols is 2. The fourth-order valence-electron chi connectivity index (χ4n) is 2.24. The molecule has 0 radical (unpaired) electrons. The van der Waals surface area contributed by atoms with Crippen molar-refractivity contribution in [3.63, 3.8) is 0 Å². The highest BCUT2D eigenvalue weighted by molar-refractivity contribution is 7.86. The molecule has 28 heavy (non-hydrogen) atoms. The summed E-state index contributed by atoms with van der Waals surface area (Å²) in [6.07, 6.45) is 0. The van der Waals surface area contributed by atoms with Crippen LogP contribution in [0.4, 0.5) is 0 Å². The Morgan fingerprint density at radius 2 is 1.11 bits per heavy atom. The SMILES string of the molecule is [2H]N(CCN([2H])Cc1cc(S(=O)(=O)O)ccc1O)Cc1cc(S(=O)(=O)O)ccc1O. The lowest BCUT2D eigenvalue weighted by Crippen LogP contribution is -2.27. The summed E-state index contributed by atoms with van der Waals surface area (Å²) < 4.78 is 78.7. The molecule has 0 saturated carbocycles. The van der Waals surface area contributed by atoms with E-state index in [1.165, 1.54) is 0 Å². The largest absolute Gasteiger partial charge is 0.508 e. The van der Waals surface area contributed by atoms with Gasteiger partial charge in [0.05, 0.1) is 9.79 Å². The van der Waals surface area contributed by atoms with Gasteiger partial charge in [-0.05, 0) is 36.4 Å². The van der Waals surface area contributed by atoms with Crippen LogP contribution in [0.2, 0.25) is 2.82 Å². The van der Waals surface area contributed by atoms with Crippen molar-refractivity contribution in [1.82, 2.24) is 10.6 Å². The number of benzene rings is 2. The maximum atomic E-state index is 11.2. The molecule has 0 atom stereocenters. The minimum Gasteiger partial charge on any atom is -0.508 e. The first-order valence-corrected chi connectivity index (χ1v) is 10.7. The molecular formula is C16H20N2O8S2. The highest BCUT2D eigenvalue weighted by Gasteiger charge is 2.13. The summed E-state index contributed by atoms with van der Waals surface area (Å²) in [5, 5.41) is 21.5. The van der Waals surface area contributed by atoms with Gasteiger partial charge in [0.1, 0.15) is 14.3 Å². The van der Waals surface area contributed by atoms with Crippen LogP contribution < -0.4 is 10.6 Å². The van der Waals surface area contributed by atoms with Gasteiger partial charge in [0, 0.05) is 37.3 Å². The number of phenolic OH excluding ortho intramolecular Hbond substituents is 2. The van der Waals surface area contributed by atoms with Crippen molar-refractivity contribution in [1.29, 1.82) is 0 Å². The maximum Gasteiger partial charge on any atom is 0.294 e. The second kappa shape index (κ2) is 8.86. The third-order valence-electron chi connectivity index (χ3n) is 3.68. The molecule has 10 nitrogen and oxygen atoms in total. The van der Waals surface area contributed by atoms with Crippen LogP contribution >= 0.6 is 0 Å². The van der Waals surface area contributed by atoms with Gasteiger partial charge >= 0.3 is 0 Å². The van der Waals surface area contributed by atoms with E-state index in [0.29, 0.717) is 0 Å². The normalized spacial score (nSPS) is 13.6. The van der Waals surface area contributed by atoms with Crippen LogP contribution in [0.3, 0.4) is 0 Å². The van der Waals surface area contributed by atoms with Gasteiger partial charge in [0.25, 0.3) is 20.2 Å². The zero-order valence-corrected chi connectivity index (χ0v) is 16.1. The lowest BCUT2D eigenvalue weighted by Gasteiger charge is -2.10. The Morgan fingerprint density at radius 1 is 0.750 bits per heavy atom. The van der Waals surface area contributed by atoms with E-state index in [1.807, 2.05) is 0 Å². The van der Waals surface area contributed by atoms with E-state index in [0.717, 1.165) is 47.0 Å². The highest BCUT2D eigenvalue weighted by atomic mass is 32.2. The van der Waals surface area contributed by atoms with Gasteiger partial charge in [-0.2, -0.15) is 16.8 Å². The van der Waals surface area contributed by atoms with Crippen molar-refractivity contribution < 1.29 is 39.0 Å². The van der Waals surface area contributed by atoms with Gasteiger partial charge < -0.3 is 20.8 Å². The second-order valence-corrected chi connectivity index (χ2v) is 8.58. The third kappa shape index (κ3) is 6.15. The fraction of sp³-hybridized carbons (Fsp3) is 0.250. The number of hydrogen-bond donors (Lipinski definition) is 6. The van der Waals surface area contributed by atoms with Gasteiger partial charge in [0.15, 0.2) is 0 Å².